The van der Waals surface area contributed by atoms with Crippen LogP contribution in [0.25, 0.3) is 0 Å². The topological polar surface area (TPSA) is 52.6 Å². The van der Waals surface area contributed by atoms with Crippen molar-refractivity contribution in [3.8, 4) is 0 Å². The van der Waals surface area contributed by atoms with Crippen LogP contribution in [0.1, 0.15) is 30.9 Å². The first-order valence-electron chi connectivity index (χ1n) is 7.59. The predicted molar refractivity (Wildman–Crippen MR) is 80.0 cm³/mol. The number of halogens is 4. The maximum atomic E-state index is 13.6. The van der Waals surface area contributed by atoms with Crippen LogP contribution in [-0.4, -0.2) is 42.3 Å². The van der Waals surface area contributed by atoms with Gasteiger partial charge in [0.25, 0.3) is 0 Å². The number of rotatable bonds is 5. The Balaban J connectivity index is 2.09. The summed E-state index contributed by atoms with van der Waals surface area (Å²) < 4.78 is 52.1. The number of urea groups is 1. The summed E-state index contributed by atoms with van der Waals surface area (Å²) in [6.45, 7) is 1.80. The van der Waals surface area contributed by atoms with E-state index in [0.29, 0.717) is 18.9 Å². The fourth-order valence-corrected chi connectivity index (χ4v) is 2.64. The zero-order chi connectivity index (χ0) is 18.1. The predicted octanol–water partition coefficient (Wildman–Crippen LogP) is 2.90. The highest BCUT2D eigenvalue weighted by Crippen LogP contribution is 2.48. The molecule has 1 fully saturated rings. The van der Waals surface area contributed by atoms with Gasteiger partial charge >= 0.3 is 12.2 Å². The fraction of sp³-hybridized carbons (Fsp3) is 0.562. The first-order chi connectivity index (χ1) is 11.0. The third-order valence-electron chi connectivity index (χ3n) is 4.15. The number of amides is 2. The lowest BCUT2D eigenvalue weighted by molar-refractivity contribution is -0.137. The molecule has 134 valence electrons. The van der Waals surface area contributed by atoms with Gasteiger partial charge in [-0.05, 0) is 43.5 Å². The van der Waals surface area contributed by atoms with Gasteiger partial charge < -0.3 is 15.3 Å². The third-order valence-corrected chi connectivity index (χ3v) is 4.15. The van der Waals surface area contributed by atoms with E-state index in [9.17, 15) is 27.5 Å². The number of hydrogen-bond donors (Lipinski definition) is 2. The molecule has 0 bridgehead atoms. The van der Waals surface area contributed by atoms with Crippen molar-refractivity contribution < 1.29 is 27.5 Å². The molecule has 0 saturated heterocycles. The number of nitrogens with one attached hydrogen (secondary N) is 1. The quantitative estimate of drug-likeness (QED) is 0.804. The summed E-state index contributed by atoms with van der Waals surface area (Å²) in [5.74, 6) is -0.941. The second kappa shape index (κ2) is 6.58. The van der Waals surface area contributed by atoms with Gasteiger partial charge in [0.1, 0.15) is 5.82 Å². The Bertz CT molecular complexity index is 613. The van der Waals surface area contributed by atoms with E-state index in [0.717, 1.165) is 12.1 Å². The molecule has 1 unspecified atom stereocenters. The number of nitrogens with zero attached hydrogens (tertiary/aromatic N) is 1. The molecular weight excluding hydrogens is 328 g/mol. The minimum absolute atomic E-state index is 0.122. The maximum absolute atomic E-state index is 13.6. The van der Waals surface area contributed by atoms with Crippen molar-refractivity contribution in [2.45, 2.75) is 37.5 Å². The van der Waals surface area contributed by atoms with Gasteiger partial charge in [-0.2, -0.15) is 13.2 Å². The van der Waals surface area contributed by atoms with E-state index in [1.807, 2.05) is 0 Å². The van der Waals surface area contributed by atoms with E-state index in [-0.39, 0.29) is 18.7 Å². The minimum Gasteiger partial charge on any atom is -0.392 e. The molecule has 0 aliphatic heterocycles. The smallest absolute Gasteiger partial charge is 0.392 e. The van der Waals surface area contributed by atoms with Gasteiger partial charge in [0.2, 0.25) is 0 Å². The maximum Gasteiger partial charge on any atom is 0.416 e. The second-order valence-corrected chi connectivity index (χ2v) is 6.39. The lowest BCUT2D eigenvalue weighted by atomic mass is 9.94. The van der Waals surface area contributed by atoms with E-state index < -0.39 is 35.1 Å². The molecule has 1 aromatic rings. The summed E-state index contributed by atoms with van der Waals surface area (Å²) in [6, 6.07) is 2.07. The number of aliphatic hydroxyl groups is 1. The van der Waals surface area contributed by atoms with Crippen molar-refractivity contribution in [1.29, 1.82) is 0 Å². The standard InChI is InChI=1S/C16H20F4N2O2/c1-10(23)8-22(2)14(24)21-9-15(3-4-15)11-5-12(16(18,19)20)7-13(17)6-11/h5-7,10,23H,3-4,8-9H2,1-2H3,(H,21,24). The van der Waals surface area contributed by atoms with Gasteiger partial charge in [-0.1, -0.05) is 0 Å². The van der Waals surface area contributed by atoms with Crippen LogP contribution < -0.4 is 5.32 Å². The van der Waals surface area contributed by atoms with E-state index in [4.69, 9.17) is 0 Å². The molecule has 0 heterocycles. The van der Waals surface area contributed by atoms with Gasteiger partial charge in [0.05, 0.1) is 11.7 Å². The lowest BCUT2D eigenvalue weighted by Crippen LogP contribution is -2.43. The first-order valence-corrected chi connectivity index (χ1v) is 7.59. The van der Waals surface area contributed by atoms with Gasteiger partial charge in [0, 0.05) is 25.6 Å². The molecular formula is C16H20F4N2O2. The zero-order valence-corrected chi connectivity index (χ0v) is 13.5. The number of benzene rings is 1. The number of hydrogen-bond acceptors (Lipinski definition) is 2. The van der Waals surface area contributed by atoms with Crippen LogP contribution in [0.3, 0.4) is 0 Å². The highest BCUT2D eigenvalue weighted by Gasteiger charge is 2.46. The van der Waals surface area contributed by atoms with Gasteiger partial charge in [-0.3, -0.25) is 0 Å². The Morgan fingerprint density at radius 2 is 2.00 bits per heavy atom. The Kier molecular flexibility index (Phi) is 5.08. The summed E-state index contributed by atoms with van der Waals surface area (Å²) in [6.07, 6.45) is -4.15. The number of carbonyl (C=O) groups is 1. The molecule has 2 rings (SSSR count). The highest BCUT2D eigenvalue weighted by molar-refractivity contribution is 5.74. The number of likely N-dealkylation sites (N-methyl/N-ethyl adjacent to an activating group) is 1. The Hall–Kier alpha value is -1.83. The average molecular weight is 348 g/mol. The molecule has 24 heavy (non-hydrogen) atoms. The summed E-state index contributed by atoms with van der Waals surface area (Å²) >= 11 is 0. The van der Waals surface area contributed by atoms with Crippen molar-refractivity contribution in [2.75, 3.05) is 20.1 Å². The zero-order valence-electron chi connectivity index (χ0n) is 13.5. The Morgan fingerprint density at radius 1 is 1.38 bits per heavy atom. The van der Waals surface area contributed by atoms with Crippen LogP contribution in [-0.2, 0) is 11.6 Å². The normalized spacial score (nSPS) is 17.3. The number of aliphatic hydroxyl groups excluding tert-OH is 1. The van der Waals surface area contributed by atoms with Crippen molar-refractivity contribution in [1.82, 2.24) is 10.2 Å². The molecule has 0 radical (unpaired) electrons. The molecule has 8 heteroatoms. The van der Waals surface area contributed by atoms with E-state index in [2.05, 4.69) is 5.32 Å². The van der Waals surface area contributed by atoms with Crippen molar-refractivity contribution in [3.05, 3.63) is 35.1 Å². The number of alkyl halides is 3. The Labute approximate surface area is 137 Å². The molecule has 2 N–H and O–H groups in total. The molecule has 0 aromatic heterocycles. The summed E-state index contributed by atoms with van der Waals surface area (Å²) in [5, 5.41) is 11.9. The third kappa shape index (κ3) is 4.37. The molecule has 0 spiro atoms. The molecule has 4 nitrogen and oxygen atoms in total. The molecule has 2 amide bonds. The highest BCUT2D eigenvalue weighted by atomic mass is 19.4. The van der Waals surface area contributed by atoms with E-state index in [1.165, 1.54) is 18.9 Å². The SMILES string of the molecule is CC(O)CN(C)C(=O)NCC1(c2cc(F)cc(C(F)(F)F)c2)CC1. The monoisotopic (exact) mass is 348 g/mol. The van der Waals surface area contributed by atoms with Crippen LogP contribution in [0.4, 0.5) is 22.4 Å². The van der Waals surface area contributed by atoms with Gasteiger partial charge in [-0.15, -0.1) is 0 Å². The molecule has 1 aliphatic carbocycles. The largest absolute Gasteiger partial charge is 0.416 e. The molecule has 1 aromatic carbocycles. The van der Waals surface area contributed by atoms with Crippen molar-refractivity contribution >= 4 is 6.03 Å². The first kappa shape index (κ1) is 18.5. The van der Waals surface area contributed by atoms with Crippen molar-refractivity contribution in [3.63, 3.8) is 0 Å². The van der Waals surface area contributed by atoms with Crippen LogP contribution in [0.15, 0.2) is 18.2 Å². The van der Waals surface area contributed by atoms with Gasteiger partial charge in [0.15, 0.2) is 0 Å². The van der Waals surface area contributed by atoms with Crippen LogP contribution >= 0.6 is 0 Å². The molecule has 1 atom stereocenters. The summed E-state index contributed by atoms with van der Waals surface area (Å²) in [5.41, 5.74) is -1.45. The minimum atomic E-state index is -4.62. The fourth-order valence-electron chi connectivity index (χ4n) is 2.64. The summed E-state index contributed by atoms with van der Waals surface area (Å²) in [7, 11) is 1.51. The van der Waals surface area contributed by atoms with Crippen LogP contribution in [0.2, 0.25) is 0 Å². The lowest BCUT2D eigenvalue weighted by Gasteiger charge is -2.23. The van der Waals surface area contributed by atoms with E-state index in [1.54, 1.807) is 0 Å². The number of carbonyl (C=O) groups excluding carboxylic acids is 1. The van der Waals surface area contributed by atoms with Crippen LogP contribution in [0.5, 0.6) is 0 Å². The molecule has 1 aliphatic rings. The second-order valence-electron chi connectivity index (χ2n) is 6.39. The van der Waals surface area contributed by atoms with E-state index >= 15 is 0 Å². The molecule has 1 saturated carbocycles. The summed E-state index contributed by atoms with van der Waals surface area (Å²) in [4.78, 5) is 13.2. The van der Waals surface area contributed by atoms with Crippen LogP contribution in [0, 0.1) is 5.82 Å². The van der Waals surface area contributed by atoms with Gasteiger partial charge in [-0.25, -0.2) is 9.18 Å². The average Bonchev–Trinajstić information content (AvgIpc) is 3.23. The van der Waals surface area contributed by atoms with Crippen molar-refractivity contribution in [2.24, 2.45) is 0 Å². The Morgan fingerprint density at radius 3 is 2.50 bits per heavy atom.